The van der Waals surface area contributed by atoms with Crippen molar-refractivity contribution < 1.29 is 5.11 Å². The molecule has 94 valence electrons. The Morgan fingerprint density at radius 3 is 2.82 bits per heavy atom. The number of aromatic nitrogens is 1. The van der Waals surface area contributed by atoms with E-state index < -0.39 is 0 Å². The molecule has 1 aromatic rings. The molecule has 1 heterocycles. The van der Waals surface area contributed by atoms with Gasteiger partial charge in [0.25, 0.3) is 0 Å². The van der Waals surface area contributed by atoms with E-state index in [1.807, 2.05) is 18.3 Å². The van der Waals surface area contributed by atoms with Gasteiger partial charge in [-0.3, -0.25) is 4.98 Å². The predicted octanol–water partition coefficient (Wildman–Crippen LogP) is 3.06. The lowest BCUT2D eigenvalue weighted by molar-refractivity contribution is 0.0374. The maximum absolute atomic E-state index is 10.1. The van der Waals surface area contributed by atoms with Gasteiger partial charge in [0.15, 0.2) is 0 Å². The highest BCUT2D eigenvalue weighted by Crippen LogP contribution is 2.35. The second kappa shape index (κ2) is 5.63. The van der Waals surface area contributed by atoms with Gasteiger partial charge in [0, 0.05) is 11.9 Å². The fourth-order valence-corrected chi connectivity index (χ4v) is 2.90. The summed E-state index contributed by atoms with van der Waals surface area (Å²) in [5.41, 5.74) is 1.11. The van der Waals surface area contributed by atoms with Crippen molar-refractivity contribution in [1.29, 1.82) is 0 Å². The van der Waals surface area contributed by atoms with E-state index in [4.69, 9.17) is 0 Å². The molecular weight excluding hydrogens is 210 g/mol. The smallest absolute Gasteiger partial charge is 0.0572 e. The molecule has 2 heteroatoms. The van der Waals surface area contributed by atoms with E-state index in [9.17, 15) is 5.11 Å². The first kappa shape index (κ1) is 12.6. The average molecular weight is 233 g/mol. The quantitative estimate of drug-likeness (QED) is 0.870. The van der Waals surface area contributed by atoms with Crippen molar-refractivity contribution in [3.8, 4) is 0 Å². The molecule has 2 rings (SSSR count). The number of aliphatic hydroxyl groups excluding tert-OH is 1. The lowest BCUT2D eigenvalue weighted by atomic mass is 9.73. The van der Waals surface area contributed by atoms with Crippen molar-refractivity contribution in [3.05, 3.63) is 30.1 Å². The van der Waals surface area contributed by atoms with E-state index in [-0.39, 0.29) is 6.10 Å². The lowest BCUT2D eigenvalue weighted by Gasteiger charge is -2.35. The fourth-order valence-electron chi connectivity index (χ4n) is 2.90. The van der Waals surface area contributed by atoms with Crippen LogP contribution in [0, 0.1) is 17.8 Å². The average Bonchev–Trinajstić information content (AvgIpc) is 2.33. The number of aliphatic hydroxyl groups is 1. The molecule has 0 saturated heterocycles. The van der Waals surface area contributed by atoms with Crippen LogP contribution in [-0.4, -0.2) is 16.2 Å². The van der Waals surface area contributed by atoms with Gasteiger partial charge in [0.1, 0.15) is 0 Å². The van der Waals surface area contributed by atoms with Crippen LogP contribution in [0.15, 0.2) is 24.4 Å². The van der Waals surface area contributed by atoms with Gasteiger partial charge >= 0.3 is 0 Å². The Bertz CT molecular complexity index is 336. The van der Waals surface area contributed by atoms with Crippen LogP contribution in [0.4, 0.5) is 0 Å². The molecule has 1 N–H and O–H groups in total. The minimum absolute atomic E-state index is 0.132. The minimum Gasteiger partial charge on any atom is -0.393 e. The molecule has 1 aliphatic rings. The molecule has 0 aliphatic heterocycles. The second-order valence-corrected chi connectivity index (χ2v) is 5.67. The van der Waals surface area contributed by atoms with Crippen LogP contribution < -0.4 is 0 Å². The molecule has 0 amide bonds. The highest BCUT2D eigenvalue weighted by molar-refractivity contribution is 5.05. The van der Waals surface area contributed by atoms with Crippen molar-refractivity contribution in [2.24, 2.45) is 17.8 Å². The van der Waals surface area contributed by atoms with Crippen molar-refractivity contribution in [2.75, 3.05) is 0 Å². The van der Waals surface area contributed by atoms with Crippen molar-refractivity contribution in [1.82, 2.24) is 4.98 Å². The Morgan fingerprint density at radius 1 is 1.35 bits per heavy atom. The predicted molar refractivity (Wildman–Crippen MR) is 69.6 cm³/mol. The molecular formula is C15H23NO. The molecule has 3 unspecified atom stereocenters. The summed E-state index contributed by atoms with van der Waals surface area (Å²) in [6, 6.07) is 6.03. The molecule has 1 aromatic heterocycles. The first-order chi connectivity index (χ1) is 8.16. The monoisotopic (exact) mass is 233 g/mol. The molecule has 1 fully saturated rings. The molecule has 1 aliphatic carbocycles. The first-order valence-electron chi connectivity index (χ1n) is 6.74. The highest BCUT2D eigenvalue weighted by Gasteiger charge is 2.30. The van der Waals surface area contributed by atoms with Gasteiger partial charge in [-0.25, -0.2) is 0 Å². The third-order valence-corrected chi connectivity index (χ3v) is 4.12. The van der Waals surface area contributed by atoms with Gasteiger partial charge in [-0.1, -0.05) is 19.9 Å². The van der Waals surface area contributed by atoms with Crippen LogP contribution in [0.3, 0.4) is 0 Å². The van der Waals surface area contributed by atoms with Crippen LogP contribution in [0.1, 0.15) is 38.8 Å². The summed E-state index contributed by atoms with van der Waals surface area (Å²) in [6.07, 6.45) is 5.91. The normalized spacial score (nSPS) is 29.5. The largest absolute Gasteiger partial charge is 0.393 e. The number of hydrogen-bond acceptors (Lipinski definition) is 2. The molecule has 0 radical (unpaired) electrons. The van der Waals surface area contributed by atoms with Crippen LogP contribution in [-0.2, 0) is 6.42 Å². The highest BCUT2D eigenvalue weighted by atomic mass is 16.3. The zero-order chi connectivity index (χ0) is 12.3. The Morgan fingerprint density at radius 2 is 2.18 bits per heavy atom. The number of rotatable bonds is 3. The maximum atomic E-state index is 10.1. The lowest BCUT2D eigenvalue weighted by Crippen LogP contribution is -2.32. The summed E-state index contributed by atoms with van der Waals surface area (Å²) >= 11 is 0. The number of hydrogen-bond donors (Lipinski definition) is 1. The van der Waals surface area contributed by atoms with Gasteiger partial charge in [-0.05, 0) is 55.6 Å². The van der Waals surface area contributed by atoms with Gasteiger partial charge in [0.05, 0.1) is 6.10 Å². The van der Waals surface area contributed by atoms with Crippen LogP contribution in [0.2, 0.25) is 0 Å². The van der Waals surface area contributed by atoms with Gasteiger partial charge < -0.3 is 5.11 Å². The summed E-state index contributed by atoms with van der Waals surface area (Å²) in [4.78, 5) is 4.37. The molecule has 0 bridgehead atoms. The van der Waals surface area contributed by atoms with E-state index in [0.29, 0.717) is 5.92 Å². The molecule has 0 spiro atoms. The van der Waals surface area contributed by atoms with Crippen LogP contribution in [0.5, 0.6) is 0 Å². The SMILES string of the molecule is CC(C)C1CCC(O)C(Cc2ccccn2)C1. The molecule has 17 heavy (non-hydrogen) atoms. The van der Waals surface area contributed by atoms with Crippen LogP contribution in [0.25, 0.3) is 0 Å². The Hall–Kier alpha value is -0.890. The topological polar surface area (TPSA) is 33.1 Å². The Balaban J connectivity index is 1.99. The molecule has 2 nitrogen and oxygen atoms in total. The third kappa shape index (κ3) is 3.29. The third-order valence-electron chi connectivity index (χ3n) is 4.12. The second-order valence-electron chi connectivity index (χ2n) is 5.67. The fraction of sp³-hybridized carbons (Fsp3) is 0.667. The van der Waals surface area contributed by atoms with E-state index in [2.05, 4.69) is 24.9 Å². The zero-order valence-electron chi connectivity index (χ0n) is 10.8. The number of pyridine rings is 1. The van der Waals surface area contributed by atoms with E-state index in [1.165, 1.54) is 6.42 Å². The molecule has 3 atom stereocenters. The molecule has 0 aromatic carbocycles. The summed E-state index contributed by atoms with van der Waals surface area (Å²) in [7, 11) is 0. The Labute approximate surface area is 104 Å². The summed E-state index contributed by atoms with van der Waals surface area (Å²) in [5.74, 6) is 1.90. The van der Waals surface area contributed by atoms with Gasteiger partial charge in [0.2, 0.25) is 0 Å². The van der Waals surface area contributed by atoms with Crippen molar-refractivity contribution in [2.45, 2.75) is 45.6 Å². The summed E-state index contributed by atoms with van der Waals surface area (Å²) in [5, 5.41) is 10.1. The first-order valence-corrected chi connectivity index (χ1v) is 6.74. The van der Waals surface area contributed by atoms with Crippen LogP contribution >= 0.6 is 0 Å². The van der Waals surface area contributed by atoms with E-state index in [1.54, 1.807) is 0 Å². The minimum atomic E-state index is -0.132. The van der Waals surface area contributed by atoms with E-state index >= 15 is 0 Å². The Kier molecular flexibility index (Phi) is 4.16. The van der Waals surface area contributed by atoms with Gasteiger partial charge in [-0.2, -0.15) is 0 Å². The number of nitrogens with zero attached hydrogens (tertiary/aromatic N) is 1. The van der Waals surface area contributed by atoms with E-state index in [0.717, 1.165) is 36.8 Å². The maximum Gasteiger partial charge on any atom is 0.0572 e. The van der Waals surface area contributed by atoms with Crippen molar-refractivity contribution in [3.63, 3.8) is 0 Å². The summed E-state index contributed by atoms with van der Waals surface area (Å²) in [6.45, 7) is 4.58. The van der Waals surface area contributed by atoms with Crippen molar-refractivity contribution >= 4 is 0 Å². The summed E-state index contributed by atoms with van der Waals surface area (Å²) < 4.78 is 0. The zero-order valence-corrected chi connectivity index (χ0v) is 10.8. The van der Waals surface area contributed by atoms with Gasteiger partial charge in [-0.15, -0.1) is 0 Å². The molecule has 1 saturated carbocycles. The standard InChI is InChI=1S/C15H23NO/c1-11(2)12-6-7-15(17)13(9-12)10-14-5-3-4-8-16-14/h3-5,8,11-13,15,17H,6-7,9-10H2,1-2H3.